The highest BCUT2D eigenvalue weighted by Crippen LogP contribution is 2.20. The molecule has 0 aliphatic heterocycles. The molecule has 0 atom stereocenters. The first-order valence-corrected chi connectivity index (χ1v) is 6.23. The molecule has 0 spiro atoms. The van der Waals surface area contributed by atoms with Gasteiger partial charge in [-0.15, -0.1) is 22.7 Å². The first-order chi connectivity index (χ1) is 7.81. The predicted octanol–water partition coefficient (Wildman–Crippen LogP) is 3.61. The van der Waals surface area contributed by atoms with Crippen molar-refractivity contribution >= 4 is 47.4 Å². The molecule has 80 valence electrons. The molecule has 0 fully saturated rings. The summed E-state index contributed by atoms with van der Waals surface area (Å²) in [5.41, 5.74) is 0. The second-order valence-corrected chi connectivity index (χ2v) is 5.34. The van der Waals surface area contributed by atoms with Gasteiger partial charge < -0.3 is 0 Å². The van der Waals surface area contributed by atoms with Crippen LogP contribution in [0.5, 0.6) is 0 Å². The van der Waals surface area contributed by atoms with Crippen molar-refractivity contribution in [2.45, 2.75) is 0 Å². The highest BCUT2D eigenvalue weighted by atomic mass is 32.1. The Morgan fingerprint density at radius 2 is 1.06 bits per heavy atom. The molecule has 0 aliphatic carbocycles. The molecule has 2 rings (SSSR count). The van der Waals surface area contributed by atoms with Crippen LogP contribution in [0.2, 0.25) is 0 Å². The Morgan fingerprint density at radius 1 is 0.688 bits per heavy atom. The molecule has 0 aromatic carbocycles. The Bertz CT molecular complexity index is 486. The predicted molar refractivity (Wildman–Crippen MR) is 68.3 cm³/mol. The van der Waals surface area contributed by atoms with E-state index < -0.39 is 0 Å². The van der Waals surface area contributed by atoms with Crippen LogP contribution in [-0.4, -0.2) is 12.6 Å². The van der Waals surface area contributed by atoms with Crippen molar-refractivity contribution in [1.82, 2.24) is 0 Å². The normalized spacial score (nSPS) is 10.8. The van der Waals surface area contributed by atoms with Gasteiger partial charge in [0.25, 0.3) is 0 Å². The van der Waals surface area contributed by atoms with Crippen LogP contribution >= 0.6 is 22.7 Å². The quantitative estimate of drug-likeness (QED) is 0.775. The summed E-state index contributed by atoms with van der Waals surface area (Å²) in [6.45, 7) is 0. The molecule has 0 saturated heterocycles. The van der Waals surface area contributed by atoms with Gasteiger partial charge >= 0.3 is 0 Å². The van der Waals surface area contributed by atoms with E-state index in [1.165, 1.54) is 22.7 Å². The lowest BCUT2D eigenvalue weighted by Crippen LogP contribution is -1.62. The minimum Gasteiger partial charge on any atom is -0.297 e. The Morgan fingerprint density at radius 3 is 1.38 bits per heavy atom. The van der Waals surface area contributed by atoms with Crippen molar-refractivity contribution in [3.05, 3.63) is 43.8 Å². The van der Waals surface area contributed by atoms with Gasteiger partial charge in [0.15, 0.2) is 12.6 Å². The van der Waals surface area contributed by atoms with Crippen LogP contribution in [0.15, 0.2) is 24.3 Å². The minimum atomic E-state index is 0.722. The molecular formula is C12H8O2S2. The minimum absolute atomic E-state index is 0.722. The fraction of sp³-hybridized carbons (Fsp3) is 0. The van der Waals surface area contributed by atoms with Crippen LogP contribution in [0.25, 0.3) is 12.2 Å². The molecule has 2 aromatic heterocycles. The van der Waals surface area contributed by atoms with Gasteiger partial charge in [-0.25, -0.2) is 0 Å². The highest BCUT2D eigenvalue weighted by molar-refractivity contribution is 7.15. The third kappa shape index (κ3) is 2.53. The fourth-order valence-electron chi connectivity index (χ4n) is 1.21. The summed E-state index contributed by atoms with van der Waals surface area (Å²) < 4.78 is 0. The van der Waals surface area contributed by atoms with Crippen LogP contribution in [0.1, 0.15) is 29.1 Å². The molecular weight excluding hydrogens is 240 g/mol. The van der Waals surface area contributed by atoms with Gasteiger partial charge in [-0.3, -0.25) is 9.59 Å². The summed E-state index contributed by atoms with van der Waals surface area (Å²) in [7, 11) is 0. The third-order valence-corrected chi connectivity index (χ3v) is 3.89. The summed E-state index contributed by atoms with van der Waals surface area (Å²) >= 11 is 2.89. The standard InChI is InChI=1S/C12H8O2S2/c13-7-11-5-3-9(15-11)1-2-10-4-6-12(8-14)16-10/h1-8H. The highest BCUT2D eigenvalue weighted by Gasteiger charge is 1.97. The van der Waals surface area contributed by atoms with E-state index in [0.717, 1.165) is 32.1 Å². The molecule has 4 heteroatoms. The molecule has 0 bridgehead atoms. The van der Waals surface area contributed by atoms with E-state index >= 15 is 0 Å². The van der Waals surface area contributed by atoms with Gasteiger partial charge in [0.05, 0.1) is 9.75 Å². The van der Waals surface area contributed by atoms with E-state index in [-0.39, 0.29) is 0 Å². The van der Waals surface area contributed by atoms with E-state index in [2.05, 4.69) is 0 Å². The zero-order valence-corrected chi connectivity index (χ0v) is 9.88. The summed E-state index contributed by atoms with van der Waals surface area (Å²) in [5.74, 6) is 0. The molecule has 0 radical (unpaired) electrons. The van der Waals surface area contributed by atoms with Crippen molar-refractivity contribution in [3.63, 3.8) is 0 Å². The number of carbonyl (C=O) groups excluding carboxylic acids is 2. The van der Waals surface area contributed by atoms with Gasteiger partial charge in [-0.2, -0.15) is 0 Å². The van der Waals surface area contributed by atoms with E-state index in [1.807, 2.05) is 24.3 Å². The lowest BCUT2D eigenvalue weighted by molar-refractivity contribution is 0.111. The summed E-state index contributed by atoms with van der Waals surface area (Å²) in [6, 6.07) is 7.39. The first-order valence-electron chi connectivity index (χ1n) is 4.60. The summed E-state index contributed by atoms with van der Waals surface area (Å²) in [6.07, 6.45) is 5.57. The summed E-state index contributed by atoms with van der Waals surface area (Å²) in [4.78, 5) is 24.5. The monoisotopic (exact) mass is 248 g/mol. The van der Waals surface area contributed by atoms with Crippen LogP contribution < -0.4 is 0 Å². The van der Waals surface area contributed by atoms with Crippen molar-refractivity contribution in [2.75, 3.05) is 0 Å². The van der Waals surface area contributed by atoms with Crippen molar-refractivity contribution < 1.29 is 9.59 Å². The van der Waals surface area contributed by atoms with Crippen LogP contribution in [0, 0.1) is 0 Å². The van der Waals surface area contributed by atoms with Gasteiger partial charge in [0.2, 0.25) is 0 Å². The van der Waals surface area contributed by atoms with Crippen molar-refractivity contribution in [1.29, 1.82) is 0 Å². The van der Waals surface area contributed by atoms with Crippen LogP contribution in [0.4, 0.5) is 0 Å². The molecule has 2 nitrogen and oxygen atoms in total. The maximum atomic E-state index is 10.5. The van der Waals surface area contributed by atoms with Gasteiger partial charge in [-0.1, -0.05) is 0 Å². The smallest absolute Gasteiger partial charge is 0.160 e. The molecule has 0 unspecified atom stereocenters. The molecule has 0 saturated carbocycles. The molecule has 2 heterocycles. The Labute approximate surface area is 101 Å². The average Bonchev–Trinajstić information content (AvgIpc) is 2.95. The number of rotatable bonds is 4. The van der Waals surface area contributed by atoms with E-state index in [1.54, 1.807) is 12.1 Å². The molecule has 0 amide bonds. The molecule has 0 aliphatic rings. The molecule has 0 N–H and O–H groups in total. The van der Waals surface area contributed by atoms with E-state index in [4.69, 9.17) is 0 Å². The number of carbonyl (C=O) groups is 2. The Hall–Kier alpha value is -1.52. The van der Waals surface area contributed by atoms with Crippen molar-refractivity contribution in [2.24, 2.45) is 0 Å². The number of aldehydes is 2. The van der Waals surface area contributed by atoms with Gasteiger partial charge in [0.1, 0.15) is 0 Å². The maximum Gasteiger partial charge on any atom is 0.160 e. The Kier molecular flexibility index (Phi) is 3.44. The second kappa shape index (κ2) is 5.01. The zero-order valence-electron chi connectivity index (χ0n) is 8.25. The second-order valence-electron chi connectivity index (χ2n) is 3.05. The van der Waals surface area contributed by atoms with Crippen LogP contribution in [0.3, 0.4) is 0 Å². The van der Waals surface area contributed by atoms with Gasteiger partial charge in [0, 0.05) is 9.75 Å². The molecule has 16 heavy (non-hydrogen) atoms. The number of thiophene rings is 2. The largest absolute Gasteiger partial charge is 0.297 e. The first kappa shape index (κ1) is 11.0. The lowest BCUT2D eigenvalue weighted by atomic mass is 10.3. The lowest BCUT2D eigenvalue weighted by Gasteiger charge is -1.83. The maximum absolute atomic E-state index is 10.5. The topological polar surface area (TPSA) is 34.1 Å². The van der Waals surface area contributed by atoms with Crippen molar-refractivity contribution in [3.8, 4) is 0 Å². The number of hydrogen-bond acceptors (Lipinski definition) is 4. The number of hydrogen-bond donors (Lipinski definition) is 0. The van der Waals surface area contributed by atoms with Gasteiger partial charge in [-0.05, 0) is 36.4 Å². The SMILES string of the molecule is O=Cc1ccc(C=Cc2ccc(C=O)s2)s1. The average molecular weight is 248 g/mol. The summed E-state index contributed by atoms with van der Waals surface area (Å²) in [5, 5.41) is 0. The zero-order chi connectivity index (χ0) is 11.4. The van der Waals surface area contributed by atoms with E-state index in [9.17, 15) is 9.59 Å². The fourth-order valence-corrected chi connectivity index (χ4v) is 2.66. The van der Waals surface area contributed by atoms with Crippen LogP contribution in [-0.2, 0) is 0 Å². The Balaban J connectivity index is 2.13. The van der Waals surface area contributed by atoms with E-state index in [0.29, 0.717) is 0 Å². The molecule has 2 aromatic rings. The third-order valence-electron chi connectivity index (χ3n) is 1.94.